The lowest BCUT2D eigenvalue weighted by Crippen LogP contribution is -2.06. The van der Waals surface area contributed by atoms with Gasteiger partial charge in [0.05, 0.1) is 0 Å². The number of hydrogen-bond acceptors (Lipinski definition) is 2. The van der Waals surface area contributed by atoms with E-state index in [1.807, 2.05) is 31.2 Å². The van der Waals surface area contributed by atoms with E-state index < -0.39 is 0 Å². The van der Waals surface area contributed by atoms with E-state index in [4.69, 9.17) is 11.6 Å². The lowest BCUT2D eigenvalue weighted by atomic mass is 10.1. The summed E-state index contributed by atoms with van der Waals surface area (Å²) in [6, 6.07) is 9.49. The van der Waals surface area contributed by atoms with Crippen LogP contribution in [0, 0.1) is 6.92 Å². The van der Waals surface area contributed by atoms with Crippen molar-refractivity contribution in [3.05, 3.63) is 47.1 Å². The summed E-state index contributed by atoms with van der Waals surface area (Å²) in [5, 5.41) is 3.32. The number of halogens is 1. The fraction of sp³-hybridized carbons (Fsp3) is 0.143. The highest BCUT2D eigenvalue weighted by Gasteiger charge is 2.05. The molecule has 2 rings (SSSR count). The first-order valence-corrected chi connectivity index (χ1v) is 5.94. The second kappa shape index (κ2) is 5.19. The molecule has 3 nitrogen and oxygen atoms in total. The molecular formula is C14H13ClN2O. The Bertz CT molecular complexity index is 579. The second-order valence-electron chi connectivity index (χ2n) is 4.10. The Morgan fingerprint density at radius 2 is 2.06 bits per heavy atom. The van der Waals surface area contributed by atoms with Crippen LogP contribution in [0.3, 0.4) is 0 Å². The highest BCUT2D eigenvalue weighted by molar-refractivity contribution is 6.33. The number of pyridine rings is 1. The van der Waals surface area contributed by atoms with Crippen molar-refractivity contribution < 1.29 is 4.79 Å². The molecule has 0 atom stereocenters. The molecule has 1 aromatic carbocycles. The van der Waals surface area contributed by atoms with Crippen LogP contribution in [-0.4, -0.2) is 10.9 Å². The average molecular weight is 261 g/mol. The Balaban J connectivity index is 2.34. The molecule has 0 aliphatic carbocycles. The van der Waals surface area contributed by atoms with Crippen LogP contribution in [0.4, 0.5) is 5.82 Å². The van der Waals surface area contributed by atoms with Gasteiger partial charge in [-0.05, 0) is 31.2 Å². The van der Waals surface area contributed by atoms with Crippen LogP contribution < -0.4 is 5.32 Å². The first kappa shape index (κ1) is 12.6. The summed E-state index contributed by atoms with van der Waals surface area (Å²) in [6.45, 7) is 3.46. The van der Waals surface area contributed by atoms with E-state index in [2.05, 4.69) is 10.3 Å². The third kappa shape index (κ3) is 2.87. The quantitative estimate of drug-likeness (QED) is 0.895. The van der Waals surface area contributed by atoms with Gasteiger partial charge in [0, 0.05) is 29.3 Å². The minimum atomic E-state index is -0.135. The first-order chi connectivity index (χ1) is 8.56. The van der Waals surface area contributed by atoms with Crippen molar-refractivity contribution in [1.82, 2.24) is 4.98 Å². The van der Waals surface area contributed by atoms with Crippen LogP contribution >= 0.6 is 11.6 Å². The largest absolute Gasteiger partial charge is 0.311 e. The Morgan fingerprint density at radius 1 is 1.28 bits per heavy atom. The zero-order chi connectivity index (χ0) is 13.1. The minimum Gasteiger partial charge on any atom is -0.311 e. The van der Waals surface area contributed by atoms with Crippen molar-refractivity contribution in [2.75, 3.05) is 5.32 Å². The van der Waals surface area contributed by atoms with Crippen LogP contribution in [0.15, 0.2) is 36.5 Å². The predicted octanol–water partition coefficient (Wildman–Crippen LogP) is 3.67. The zero-order valence-electron chi connectivity index (χ0n) is 10.2. The Labute approximate surface area is 111 Å². The average Bonchev–Trinajstić information content (AvgIpc) is 2.33. The molecule has 1 N–H and O–H groups in total. The van der Waals surface area contributed by atoms with E-state index in [1.54, 1.807) is 12.3 Å². The van der Waals surface area contributed by atoms with E-state index in [1.165, 1.54) is 6.92 Å². The Morgan fingerprint density at radius 3 is 2.67 bits per heavy atom. The molecule has 0 saturated carbocycles. The molecule has 0 radical (unpaired) electrons. The minimum absolute atomic E-state index is 0.135. The predicted molar refractivity (Wildman–Crippen MR) is 73.7 cm³/mol. The number of anilines is 1. The topological polar surface area (TPSA) is 42.0 Å². The van der Waals surface area contributed by atoms with E-state index in [0.29, 0.717) is 10.8 Å². The number of rotatable bonds is 2. The van der Waals surface area contributed by atoms with Gasteiger partial charge in [0.25, 0.3) is 0 Å². The van der Waals surface area contributed by atoms with E-state index in [9.17, 15) is 4.79 Å². The van der Waals surface area contributed by atoms with E-state index in [-0.39, 0.29) is 5.91 Å². The molecule has 0 aliphatic heterocycles. The third-order valence-corrected chi connectivity index (χ3v) is 2.83. The molecule has 0 bridgehead atoms. The molecule has 0 aliphatic rings. The summed E-state index contributed by atoms with van der Waals surface area (Å²) in [5.41, 5.74) is 3.01. The van der Waals surface area contributed by atoms with E-state index >= 15 is 0 Å². The maximum atomic E-state index is 10.9. The van der Waals surface area contributed by atoms with Gasteiger partial charge in [-0.1, -0.05) is 23.2 Å². The molecule has 0 spiro atoms. The molecule has 0 fully saturated rings. The molecule has 92 valence electrons. The number of nitrogens with zero attached hydrogens (tertiary/aromatic N) is 1. The Kier molecular flexibility index (Phi) is 3.63. The second-order valence-corrected chi connectivity index (χ2v) is 4.50. The monoisotopic (exact) mass is 260 g/mol. The lowest BCUT2D eigenvalue weighted by Gasteiger charge is -2.07. The summed E-state index contributed by atoms with van der Waals surface area (Å²) in [4.78, 5) is 15.1. The number of carbonyl (C=O) groups excluding carboxylic acids is 1. The van der Waals surface area contributed by atoms with Crippen LogP contribution in [0.2, 0.25) is 5.02 Å². The Hall–Kier alpha value is -1.87. The normalized spacial score (nSPS) is 10.2. The van der Waals surface area contributed by atoms with Gasteiger partial charge in [-0.3, -0.25) is 4.79 Å². The molecule has 18 heavy (non-hydrogen) atoms. The van der Waals surface area contributed by atoms with Crippen molar-refractivity contribution in [1.29, 1.82) is 0 Å². The lowest BCUT2D eigenvalue weighted by molar-refractivity contribution is -0.114. The molecule has 1 heterocycles. The fourth-order valence-electron chi connectivity index (χ4n) is 1.67. The maximum Gasteiger partial charge on any atom is 0.222 e. The van der Waals surface area contributed by atoms with Crippen molar-refractivity contribution in [3.63, 3.8) is 0 Å². The number of aromatic nitrogens is 1. The van der Waals surface area contributed by atoms with Gasteiger partial charge in [0.2, 0.25) is 5.91 Å². The first-order valence-electron chi connectivity index (χ1n) is 5.56. The standard InChI is InChI=1S/C14H13ClN2O/c1-9-3-5-13(15)12(7-9)11-4-6-14(16-8-11)17-10(2)18/h3-8H,1-2H3,(H,16,17,18). The van der Waals surface area contributed by atoms with Gasteiger partial charge in [0.15, 0.2) is 0 Å². The molecule has 0 unspecified atom stereocenters. The maximum absolute atomic E-state index is 10.9. The summed E-state index contributed by atoms with van der Waals surface area (Å²) < 4.78 is 0. The van der Waals surface area contributed by atoms with Gasteiger partial charge in [0.1, 0.15) is 5.82 Å². The number of benzene rings is 1. The van der Waals surface area contributed by atoms with Crippen LogP contribution in [-0.2, 0) is 4.79 Å². The molecule has 1 amide bonds. The summed E-state index contributed by atoms with van der Waals surface area (Å²) in [7, 11) is 0. The van der Waals surface area contributed by atoms with Gasteiger partial charge in [-0.15, -0.1) is 0 Å². The van der Waals surface area contributed by atoms with Gasteiger partial charge in [-0.2, -0.15) is 0 Å². The molecule has 1 aromatic heterocycles. The van der Waals surface area contributed by atoms with Crippen LogP contribution in [0.1, 0.15) is 12.5 Å². The highest BCUT2D eigenvalue weighted by atomic mass is 35.5. The van der Waals surface area contributed by atoms with Crippen LogP contribution in [0.25, 0.3) is 11.1 Å². The molecule has 4 heteroatoms. The summed E-state index contributed by atoms with van der Waals surface area (Å²) in [5.74, 6) is 0.402. The fourth-order valence-corrected chi connectivity index (χ4v) is 1.89. The molecule has 2 aromatic rings. The SMILES string of the molecule is CC(=O)Nc1ccc(-c2cc(C)ccc2Cl)cn1. The van der Waals surface area contributed by atoms with Crippen molar-refractivity contribution in [2.45, 2.75) is 13.8 Å². The van der Waals surface area contributed by atoms with Crippen LogP contribution in [0.5, 0.6) is 0 Å². The van der Waals surface area contributed by atoms with Gasteiger partial charge in [-0.25, -0.2) is 4.98 Å². The smallest absolute Gasteiger partial charge is 0.222 e. The number of nitrogens with one attached hydrogen (secondary N) is 1. The number of carbonyl (C=O) groups is 1. The van der Waals surface area contributed by atoms with Crippen molar-refractivity contribution in [2.24, 2.45) is 0 Å². The van der Waals surface area contributed by atoms with E-state index in [0.717, 1.165) is 16.7 Å². The highest BCUT2D eigenvalue weighted by Crippen LogP contribution is 2.28. The number of hydrogen-bond donors (Lipinski definition) is 1. The summed E-state index contributed by atoms with van der Waals surface area (Å²) in [6.07, 6.45) is 1.70. The summed E-state index contributed by atoms with van der Waals surface area (Å²) >= 11 is 6.16. The van der Waals surface area contributed by atoms with Gasteiger partial charge < -0.3 is 5.32 Å². The molecule has 0 saturated heterocycles. The van der Waals surface area contributed by atoms with Gasteiger partial charge >= 0.3 is 0 Å². The number of aryl methyl sites for hydroxylation is 1. The number of amides is 1. The van der Waals surface area contributed by atoms with Crippen molar-refractivity contribution >= 4 is 23.3 Å². The third-order valence-electron chi connectivity index (χ3n) is 2.50. The molecular weight excluding hydrogens is 248 g/mol. The zero-order valence-corrected chi connectivity index (χ0v) is 11.0. The van der Waals surface area contributed by atoms with Crippen molar-refractivity contribution in [3.8, 4) is 11.1 Å².